The van der Waals surface area contributed by atoms with E-state index in [0.29, 0.717) is 18.2 Å². The lowest BCUT2D eigenvalue weighted by Gasteiger charge is -2.40. The summed E-state index contributed by atoms with van der Waals surface area (Å²) in [5.41, 5.74) is 4.65. The number of halogens is 2. The predicted molar refractivity (Wildman–Crippen MR) is 112 cm³/mol. The maximum Gasteiger partial charge on any atom is 0.282 e. The van der Waals surface area contributed by atoms with Gasteiger partial charge in [0.15, 0.2) is 0 Å². The summed E-state index contributed by atoms with van der Waals surface area (Å²) in [5, 5.41) is 2.76. The third-order valence-electron chi connectivity index (χ3n) is 6.09. The molecule has 0 aromatic carbocycles. The zero-order chi connectivity index (χ0) is 23.1. The average molecular weight is 473 g/mol. The number of ether oxygens (including phenoxy) is 1. The van der Waals surface area contributed by atoms with Crippen LogP contribution in [0, 0.1) is 5.92 Å². The Morgan fingerprint density at radius 1 is 1.22 bits per heavy atom. The molecule has 1 aliphatic carbocycles. The zero-order valence-corrected chi connectivity index (χ0v) is 18.3. The van der Waals surface area contributed by atoms with Crippen molar-refractivity contribution in [3.63, 3.8) is 0 Å². The summed E-state index contributed by atoms with van der Waals surface area (Å²) in [6.07, 6.45) is 1.98. The van der Waals surface area contributed by atoms with Crippen LogP contribution in [0.3, 0.4) is 0 Å². The van der Waals surface area contributed by atoms with Gasteiger partial charge in [-0.15, -0.1) is 0 Å². The van der Waals surface area contributed by atoms with Crippen LogP contribution >= 0.6 is 0 Å². The Morgan fingerprint density at radius 3 is 2.44 bits per heavy atom. The minimum absolute atomic E-state index is 0.0101. The van der Waals surface area contributed by atoms with E-state index in [1.165, 1.54) is 17.0 Å². The quantitative estimate of drug-likeness (QED) is 0.574. The number of anilines is 1. The van der Waals surface area contributed by atoms with Crippen LogP contribution in [0.2, 0.25) is 0 Å². The fourth-order valence-corrected chi connectivity index (χ4v) is 5.59. The van der Waals surface area contributed by atoms with Gasteiger partial charge < -0.3 is 20.7 Å². The van der Waals surface area contributed by atoms with Crippen molar-refractivity contribution in [3.8, 4) is 5.88 Å². The van der Waals surface area contributed by atoms with Crippen LogP contribution in [-0.4, -0.2) is 67.9 Å². The molecule has 1 aromatic rings. The van der Waals surface area contributed by atoms with E-state index in [9.17, 15) is 26.8 Å². The number of carbonyl (C=O) groups excluding carboxylic acids is 2. The molecule has 0 radical (unpaired) electrons. The summed E-state index contributed by atoms with van der Waals surface area (Å²) in [6.45, 7) is -0.509. The van der Waals surface area contributed by atoms with E-state index in [2.05, 4.69) is 10.3 Å². The standard InChI is InChI=1S/C20H26F2N4O5S/c21-20(22)11-26(12-20)15-4-3-14(24-18(15)31-10-13-1-2-13)17(28)25-19(9-16(23)27)5-7-32(29,30)8-6-19/h3-4,13H,1-2,5-12H2,(H2,23,27)(H,25,28). The van der Waals surface area contributed by atoms with Crippen molar-refractivity contribution >= 4 is 27.3 Å². The van der Waals surface area contributed by atoms with Gasteiger partial charge in [-0.25, -0.2) is 22.2 Å². The molecule has 1 saturated carbocycles. The first-order valence-electron chi connectivity index (χ1n) is 10.5. The molecule has 32 heavy (non-hydrogen) atoms. The molecule has 0 unspecified atom stereocenters. The second-order valence-electron chi connectivity index (χ2n) is 9.02. The first-order chi connectivity index (χ1) is 15.0. The van der Waals surface area contributed by atoms with Gasteiger partial charge in [0.1, 0.15) is 21.2 Å². The number of carbonyl (C=O) groups is 2. The first-order valence-corrected chi connectivity index (χ1v) is 12.4. The lowest BCUT2D eigenvalue weighted by molar-refractivity contribution is -0.119. The Balaban J connectivity index is 1.53. The van der Waals surface area contributed by atoms with E-state index in [0.717, 1.165) is 12.8 Å². The molecule has 9 nitrogen and oxygen atoms in total. The number of primary amides is 1. The molecule has 1 aromatic heterocycles. The molecule has 2 aliphatic heterocycles. The molecule has 4 rings (SSSR count). The van der Waals surface area contributed by atoms with Crippen LogP contribution in [0.25, 0.3) is 0 Å². The summed E-state index contributed by atoms with van der Waals surface area (Å²) >= 11 is 0. The van der Waals surface area contributed by atoms with E-state index < -0.39 is 46.2 Å². The summed E-state index contributed by atoms with van der Waals surface area (Å²) < 4.78 is 56.1. The van der Waals surface area contributed by atoms with E-state index in [1.54, 1.807) is 0 Å². The molecule has 12 heteroatoms. The van der Waals surface area contributed by atoms with E-state index >= 15 is 0 Å². The van der Waals surface area contributed by atoms with Gasteiger partial charge in [-0.3, -0.25) is 9.59 Å². The summed E-state index contributed by atoms with van der Waals surface area (Å²) in [6, 6.07) is 2.92. The maximum atomic E-state index is 13.4. The Kier molecular flexibility index (Phi) is 5.76. The third kappa shape index (κ3) is 5.28. The Morgan fingerprint density at radius 2 is 1.88 bits per heavy atom. The second-order valence-corrected chi connectivity index (χ2v) is 11.3. The molecule has 2 amide bonds. The number of hydrogen-bond donors (Lipinski definition) is 2. The normalized spacial score (nSPS) is 23.1. The number of alkyl halides is 2. The summed E-state index contributed by atoms with van der Waals surface area (Å²) in [5.74, 6) is -3.86. The van der Waals surface area contributed by atoms with Crippen molar-refractivity contribution in [2.75, 3.05) is 36.1 Å². The number of nitrogens with one attached hydrogen (secondary N) is 1. The highest BCUT2D eigenvalue weighted by Gasteiger charge is 2.45. The smallest absolute Gasteiger partial charge is 0.282 e. The molecule has 2 saturated heterocycles. The number of pyridine rings is 1. The monoisotopic (exact) mass is 472 g/mol. The number of nitrogens with zero attached hydrogens (tertiary/aromatic N) is 2. The molecule has 176 valence electrons. The highest BCUT2D eigenvalue weighted by molar-refractivity contribution is 7.91. The molecular weight excluding hydrogens is 446 g/mol. The molecule has 0 atom stereocenters. The number of rotatable bonds is 8. The van der Waals surface area contributed by atoms with Crippen LogP contribution < -0.4 is 20.7 Å². The first kappa shape index (κ1) is 22.7. The molecule has 3 aliphatic rings. The SMILES string of the molecule is NC(=O)CC1(NC(=O)c2ccc(N3CC(F)(F)C3)c(OCC3CC3)n2)CCS(=O)(=O)CC1. The molecule has 3 N–H and O–H groups in total. The van der Waals surface area contributed by atoms with E-state index in [-0.39, 0.29) is 42.3 Å². The van der Waals surface area contributed by atoms with Gasteiger partial charge in [0, 0.05) is 6.42 Å². The lowest BCUT2D eigenvalue weighted by Crippen LogP contribution is -2.56. The minimum atomic E-state index is -3.23. The van der Waals surface area contributed by atoms with Gasteiger partial charge in [0.25, 0.3) is 11.8 Å². The number of hydrogen-bond acceptors (Lipinski definition) is 7. The van der Waals surface area contributed by atoms with Crippen molar-refractivity contribution in [3.05, 3.63) is 17.8 Å². The van der Waals surface area contributed by atoms with Crippen LogP contribution in [0.4, 0.5) is 14.5 Å². The fraction of sp³-hybridized carbons (Fsp3) is 0.650. The number of nitrogens with two attached hydrogens (primary N) is 1. The Bertz CT molecular complexity index is 1010. The van der Waals surface area contributed by atoms with Gasteiger partial charge in [-0.2, -0.15) is 0 Å². The fourth-order valence-electron chi connectivity index (χ4n) is 3.98. The molecule has 0 spiro atoms. The van der Waals surface area contributed by atoms with E-state index in [1.807, 2.05) is 0 Å². The van der Waals surface area contributed by atoms with Crippen molar-refractivity contribution in [2.45, 2.75) is 43.6 Å². The zero-order valence-electron chi connectivity index (χ0n) is 17.5. The van der Waals surface area contributed by atoms with Crippen LogP contribution in [0.15, 0.2) is 12.1 Å². The molecule has 3 heterocycles. The lowest BCUT2D eigenvalue weighted by atomic mass is 9.88. The van der Waals surface area contributed by atoms with Crippen molar-refractivity contribution in [1.82, 2.24) is 10.3 Å². The molecule has 0 bridgehead atoms. The number of sulfone groups is 1. The van der Waals surface area contributed by atoms with Gasteiger partial charge in [0.2, 0.25) is 11.8 Å². The van der Waals surface area contributed by atoms with Gasteiger partial charge in [0.05, 0.1) is 36.7 Å². The highest BCUT2D eigenvalue weighted by Crippen LogP contribution is 2.38. The molecule has 3 fully saturated rings. The van der Waals surface area contributed by atoms with Crippen LogP contribution in [0.1, 0.15) is 42.6 Å². The van der Waals surface area contributed by atoms with Crippen LogP contribution in [-0.2, 0) is 14.6 Å². The minimum Gasteiger partial charge on any atom is -0.476 e. The Hall–Kier alpha value is -2.50. The molecular formula is C20H26F2N4O5S. The largest absolute Gasteiger partial charge is 0.476 e. The van der Waals surface area contributed by atoms with Gasteiger partial charge in [-0.1, -0.05) is 0 Å². The average Bonchev–Trinajstić information content (AvgIpc) is 3.51. The van der Waals surface area contributed by atoms with Gasteiger partial charge >= 0.3 is 0 Å². The summed E-state index contributed by atoms with van der Waals surface area (Å²) in [4.78, 5) is 30.3. The van der Waals surface area contributed by atoms with Crippen LogP contribution in [0.5, 0.6) is 5.88 Å². The predicted octanol–water partition coefficient (Wildman–Crippen LogP) is 0.878. The second kappa shape index (κ2) is 8.13. The maximum absolute atomic E-state index is 13.4. The topological polar surface area (TPSA) is 132 Å². The van der Waals surface area contributed by atoms with E-state index in [4.69, 9.17) is 10.5 Å². The number of aromatic nitrogens is 1. The highest BCUT2D eigenvalue weighted by atomic mass is 32.2. The van der Waals surface area contributed by atoms with Crippen molar-refractivity contribution in [1.29, 1.82) is 0 Å². The van der Waals surface area contributed by atoms with Crippen molar-refractivity contribution in [2.24, 2.45) is 11.7 Å². The Labute approximate surface area is 184 Å². The van der Waals surface area contributed by atoms with Gasteiger partial charge in [-0.05, 0) is 43.7 Å². The number of amides is 2. The summed E-state index contributed by atoms with van der Waals surface area (Å²) in [7, 11) is -3.23. The van der Waals surface area contributed by atoms with Crippen molar-refractivity contribution < 1.29 is 31.5 Å². The third-order valence-corrected chi connectivity index (χ3v) is 7.74.